The van der Waals surface area contributed by atoms with Gasteiger partial charge in [0.05, 0.1) is 6.10 Å². The molecule has 0 rings (SSSR count). The summed E-state index contributed by atoms with van der Waals surface area (Å²) in [5.41, 5.74) is 0. The second-order valence-corrected chi connectivity index (χ2v) is 5.94. The van der Waals surface area contributed by atoms with Crippen LogP contribution < -0.4 is 0 Å². The van der Waals surface area contributed by atoms with Gasteiger partial charge in [0.25, 0.3) is 0 Å². The molecule has 116 valence electrons. The standard InChI is InChI=1S/C18H38O/c1-4-6-7-8-9-10-11-12-13-14-15-16-17-18(3)19-5-2/h18H,4-17H2,1-3H3. The Morgan fingerprint density at radius 3 is 1.47 bits per heavy atom. The molecule has 0 spiro atoms. The van der Waals surface area contributed by atoms with Crippen LogP contribution in [0.2, 0.25) is 0 Å². The summed E-state index contributed by atoms with van der Waals surface area (Å²) in [6.07, 6.45) is 18.9. The maximum absolute atomic E-state index is 5.54. The van der Waals surface area contributed by atoms with Crippen molar-refractivity contribution in [2.75, 3.05) is 6.61 Å². The molecule has 0 heterocycles. The first-order chi connectivity index (χ1) is 9.31. The molecule has 0 aromatic heterocycles. The van der Waals surface area contributed by atoms with Crippen LogP contribution in [0.15, 0.2) is 0 Å². The highest BCUT2D eigenvalue weighted by molar-refractivity contribution is 4.52. The van der Waals surface area contributed by atoms with Gasteiger partial charge in [-0.15, -0.1) is 0 Å². The first-order valence-electron chi connectivity index (χ1n) is 8.92. The van der Waals surface area contributed by atoms with Crippen LogP contribution in [-0.2, 0) is 4.74 Å². The fourth-order valence-corrected chi connectivity index (χ4v) is 2.64. The molecule has 0 aliphatic rings. The van der Waals surface area contributed by atoms with Crippen LogP contribution in [0, 0.1) is 0 Å². The normalized spacial score (nSPS) is 12.8. The largest absolute Gasteiger partial charge is 0.379 e. The third-order valence-electron chi connectivity index (χ3n) is 3.92. The Kier molecular flexibility index (Phi) is 16.0. The smallest absolute Gasteiger partial charge is 0.0546 e. The van der Waals surface area contributed by atoms with Gasteiger partial charge >= 0.3 is 0 Å². The maximum Gasteiger partial charge on any atom is 0.0546 e. The van der Waals surface area contributed by atoms with Crippen LogP contribution in [0.1, 0.15) is 104 Å². The molecule has 0 fully saturated rings. The molecule has 0 aliphatic heterocycles. The molecule has 19 heavy (non-hydrogen) atoms. The molecule has 1 heteroatoms. The fraction of sp³-hybridized carbons (Fsp3) is 1.00. The molecule has 0 bridgehead atoms. The van der Waals surface area contributed by atoms with Crippen molar-refractivity contribution < 1.29 is 4.74 Å². The summed E-state index contributed by atoms with van der Waals surface area (Å²) >= 11 is 0. The van der Waals surface area contributed by atoms with Crippen LogP contribution in [0.3, 0.4) is 0 Å². The quantitative estimate of drug-likeness (QED) is 0.308. The van der Waals surface area contributed by atoms with Gasteiger partial charge in [-0.05, 0) is 20.3 Å². The third kappa shape index (κ3) is 15.9. The molecular weight excluding hydrogens is 232 g/mol. The van der Waals surface area contributed by atoms with Crippen molar-refractivity contribution in [1.29, 1.82) is 0 Å². The van der Waals surface area contributed by atoms with Gasteiger partial charge < -0.3 is 4.74 Å². The average molecular weight is 271 g/mol. The van der Waals surface area contributed by atoms with E-state index in [9.17, 15) is 0 Å². The molecule has 0 saturated carbocycles. The number of unbranched alkanes of at least 4 members (excludes halogenated alkanes) is 11. The Morgan fingerprint density at radius 2 is 1.05 bits per heavy atom. The zero-order valence-corrected chi connectivity index (χ0v) is 13.9. The summed E-state index contributed by atoms with van der Waals surface area (Å²) in [5.74, 6) is 0. The lowest BCUT2D eigenvalue weighted by atomic mass is 10.0. The lowest BCUT2D eigenvalue weighted by Gasteiger charge is -2.10. The van der Waals surface area contributed by atoms with Gasteiger partial charge in [-0.1, -0.05) is 84.0 Å². The topological polar surface area (TPSA) is 9.23 Å². The van der Waals surface area contributed by atoms with Crippen molar-refractivity contribution in [1.82, 2.24) is 0 Å². The van der Waals surface area contributed by atoms with Gasteiger partial charge in [-0.3, -0.25) is 0 Å². The van der Waals surface area contributed by atoms with E-state index < -0.39 is 0 Å². The van der Waals surface area contributed by atoms with Gasteiger partial charge in [-0.2, -0.15) is 0 Å². The van der Waals surface area contributed by atoms with Gasteiger partial charge in [-0.25, -0.2) is 0 Å². The van der Waals surface area contributed by atoms with Crippen LogP contribution in [-0.4, -0.2) is 12.7 Å². The molecule has 1 atom stereocenters. The van der Waals surface area contributed by atoms with Crippen LogP contribution in [0.25, 0.3) is 0 Å². The second kappa shape index (κ2) is 16.0. The number of ether oxygens (including phenoxy) is 1. The van der Waals surface area contributed by atoms with E-state index in [1.807, 2.05) is 0 Å². The first kappa shape index (κ1) is 19.0. The third-order valence-corrected chi connectivity index (χ3v) is 3.92. The number of rotatable bonds is 15. The molecule has 1 unspecified atom stereocenters. The Bertz CT molecular complexity index is 156. The van der Waals surface area contributed by atoms with E-state index in [0.29, 0.717) is 6.10 Å². The molecule has 1 nitrogen and oxygen atoms in total. The highest BCUT2D eigenvalue weighted by Crippen LogP contribution is 2.13. The zero-order valence-electron chi connectivity index (χ0n) is 13.9. The SMILES string of the molecule is CCCCCCCCCCCCCCC(C)OCC. The Morgan fingerprint density at radius 1 is 0.632 bits per heavy atom. The summed E-state index contributed by atoms with van der Waals surface area (Å²) in [6, 6.07) is 0. The summed E-state index contributed by atoms with van der Waals surface area (Å²) in [7, 11) is 0. The van der Waals surface area contributed by atoms with Crippen LogP contribution in [0.5, 0.6) is 0 Å². The highest BCUT2D eigenvalue weighted by Gasteiger charge is 2.00. The number of hydrogen-bond donors (Lipinski definition) is 0. The van der Waals surface area contributed by atoms with Crippen molar-refractivity contribution in [3.8, 4) is 0 Å². The monoisotopic (exact) mass is 270 g/mol. The minimum Gasteiger partial charge on any atom is -0.379 e. The molecule has 0 aromatic carbocycles. The molecule has 0 N–H and O–H groups in total. The van der Waals surface area contributed by atoms with Gasteiger partial charge in [0, 0.05) is 6.61 Å². The summed E-state index contributed by atoms with van der Waals surface area (Å²) in [4.78, 5) is 0. The maximum atomic E-state index is 5.54. The first-order valence-corrected chi connectivity index (χ1v) is 8.92. The predicted octanol–water partition coefficient (Wildman–Crippen LogP) is 6.50. The molecule has 0 aromatic rings. The van der Waals surface area contributed by atoms with E-state index in [1.54, 1.807) is 0 Å². The molecule has 0 radical (unpaired) electrons. The van der Waals surface area contributed by atoms with Gasteiger partial charge in [0.2, 0.25) is 0 Å². The summed E-state index contributed by atoms with van der Waals surface area (Å²) < 4.78 is 5.54. The summed E-state index contributed by atoms with van der Waals surface area (Å²) in [5, 5.41) is 0. The minimum atomic E-state index is 0.466. The molecule has 0 saturated heterocycles. The molecular formula is C18H38O. The van der Waals surface area contributed by atoms with E-state index in [1.165, 1.54) is 83.5 Å². The lowest BCUT2D eigenvalue weighted by Crippen LogP contribution is -2.07. The van der Waals surface area contributed by atoms with Gasteiger partial charge in [0.1, 0.15) is 0 Å². The summed E-state index contributed by atoms with van der Waals surface area (Å²) in [6.45, 7) is 7.43. The van der Waals surface area contributed by atoms with Crippen molar-refractivity contribution in [2.45, 2.75) is 110 Å². The van der Waals surface area contributed by atoms with E-state index in [2.05, 4.69) is 20.8 Å². The Balaban J connectivity index is 2.99. The second-order valence-electron chi connectivity index (χ2n) is 5.94. The molecule has 0 aliphatic carbocycles. The Labute approximate surface area is 122 Å². The van der Waals surface area contributed by atoms with E-state index in [0.717, 1.165) is 6.61 Å². The molecule has 0 amide bonds. The lowest BCUT2D eigenvalue weighted by molar-refractivity contribution is 0.0683. The fourth-order valence-electron chi connectivity index (χ4n) is 2.64. The van der Waals surface area contributed by atoms with Gasteiger partial charge in [0.15, 0.2) is 0 Å². The van der Waals surface area contributed by atoms with E-state index in [-0.39, 0.29) is 0 Å². The van der Waals surface area contributed by atoms with Crippen LogP contribution in [0.4, 0.5) is 0 Å². The zero-order chi connectivity index (χ0) is 14.2. The average Bonchev–Trinajstić information content (AvgIpc) is 2.40. The van der Waals surface area contributed by atoms with E-state index >= 15 is 0 Å². The van der Waals surface area contributed by atoms with Crippen molar-refractivity contribution >= 4 is 0 Å². The minimum absolute atomic E-state index is 0.466. The van der Waals surface area contributed by atoms with Crippen molar-refractivity contribution in [3.63, 3.8) is 0 Å². The Hall–Kier alpha value is -0.0400. The van der Waals surface area contributed by atoms with Crippen molar-refractivity contribution in [2.24, 2.45) is 0 Å². The number of hydrogen-bond acceptors (Lipinski definition) is 1. The van der Waals surface area contributed by atoms with Crippen molar-refractivity contribution in [3.05, 3.63) is 0 Å². The highest BCUT2D eigenvalue weighted by atomic mass is 16.5. The van der Waals surface area contributed by atoms with E-state index in [4.69, 9.17) is 4.74 Å². The van der Waals surface area contributed by atoms with Crippen LogP contribution >= 0.6 is 0 Å². The predicted molar refractivity (Wildman–Crippen MR) is 86.8 cm³/mol.